The standard InChI is InChI=1S/C22H25FN2O2/c1-15-7-13-19(14-10-17-8-11-18(23)12-9-17)25(15)22(27)20-5-3-4-6-21(20)24-16(2)26/h3-6,8-9,11-12,15,19H,7,10,13-14H2,1-2H3,(H,24,26)/t15-,19-/m1/s1. The third kappa shape index (κ3) is 4.54. The van der Waals surface area contributed by atoms with E-state index in [9.17, 15) is 14.0 Å². The van der Waals surface area contributed by atoms with Gasteiger partial charge in [-0.2, -0.15) is 0 Å². The van der Waals surface area contributed by atoms with Crippen molar-refractivity contribution in [2.45, 2.75) is 51.6 Å². The zero-order chi connectivity index (χ0) is 19.4. The first kappa shape index (κ1) is 19.1. The van der Waals surface area contributed by atoms with Gasteiger partial charge in [0.05, 0.1) is 11.3 Å². The molecule has 2 aromatic carbocycles. The van der Waals surface area contributed by atoms with Gasteiger partial charge in [0.25, 0.3) is 5.91 Å². The summed E-state index contributed by atoms with van der Waals surface area (Å²) in [4.78, 5) is 26.7. The van der Waals surface area contributed by atoms with Gasteiger partial charge in [0.1, 0.15) is 5.82 Å². The van der Waals surface area contributed by atoms with E-state index >= 15 is 0 Å². The number of likely N-dealkylation sites (tertiary alicyclic amines) is 1. The van der Waals surface area contributed by atoms with Crippen molar-refractivity contribution < 1.29 is 14.0 Å². The molecule has 2 atom stereocenters. The lowest BCUT2D eigenvalue weighted by Gasteiger charge is -2.29. The zero-order valence-corrected chi connectivity index (χ0v) is 15.7. The average Bonchev–Trinajstić information content (AvgIpc) is 3.01. The fourth-order valence-corrected chi connectivity index (χ4v) is 3.81. The van der Waals surface area contributed by atoms with Crippen LogP contribution in [0, 0.1) is 5.82 Å². The Labute approximate surface area is 159 Å². The van der Waals surface area contributed by atoms with Gasteiger partial charge in [0.15, 0.2) is 0 Å². The smallest absolute Gasteiger partial charge is 0.256 e. The Hall–Kier alpha value is -2.69. The summed E-state index contributed by atoms with van der Waals surface area (Å²) in [5.74, 6) is -0.481. The molecule has 0 radical (unpaired) electrons. The molecule has 3 rings (SSSR count). The van der Waals surface area contributed by atoms with E-state index in [2.05, 4.69) is 12.2 Å². The number of para-hydroxylation sites is 1. The number of amides is 2. The van der Waals surface area contributed by atoms with Crippen molar-refractivity contribution in [3.05, 3.63) is 65.5 Å². The SMILES string of the molecule is CC(=O)Nc1ccccc1C(=O)N1[C@@H](CCc2ccc(F)cc2)CC[C@H]1C. The third-order valence-electron chi connectivity index (χ3n) is 5.17. The van der Waals surface area contributed by atoms with Gasteiger partial charge >= 0.3 is 0 Å². The summed E-state index contributed by atoms with van der Waals surface area (Å²) in [6.45, 7) is 3.50. The molecule has 1 aliphatic rings. The second-order valence-corrected chi connectivity index (χ2v) is 7.18. The lowest BCUT2D eigenvalue weighted by molar-refractivity contribution is -0.114. The number of nitrogens with one attached hydrogen (secondary N) is 1. The number of rotatable bonds is 5. The molecule has 0 saturated carbocycles. The molecule has 0 aliphatic carbocycles. The van der Waals surface area contributed by atoms with Gasteiger partial charge in [-0.3, -0.25) is 9.59 Å². The molecule has 0 spiro atoms. The Balaban J connectivity index is 1.76. The number of nitrogens with zero attached hydrogens (tertiary/aromatic N) is 1. The van der Waals surface area contributed by atoms with Crippen LogP contribution in [-0.4, -0.2) is 28.8 Å². The first-order valence-electron chi connectivity index (χ1n) is 9.39. The molecule has 0 aromatic heterocycles. The maximum atomic E-state index is 13.3. The minimum Gasteiger partial charge on any atom is -0.333 e. The number of hydrogen-bond acceptors (Lipinski definition) is 2. The lowest BCUT2D eigenvalue weighted by atomic mass is 10.0. The third-order valence-corrected chi connectivity index (χ3v) is 5.17. The lowest BCUT2D eigenvalue weighted by Crippen LogP contribution is -2.40. The molecule has 0 bridgehead atoms. The molecule has 5 heteroatoms. The molecule has 4 nitrogen and oxygen atoms in total. The van der Waals surface area contributed by atoms with E-state index in [1.807, 2.05) is 17.0 Å². The van der Waals surface area contributed by atoms with Crippen LogP contribution in [0.25, 0.3) is 0 Å². The van der Waals surface area contributed by atoms with Crippen molar-refractivity contribution >= 4 is 17.5 Å². The fraction of sp³-hybridized carbons (Fsp3) is 0.364. The Morgan fingerprint density at radius 1 is 1.11 bits per heavy atom. The first-order chi connectivity index (χ1) is 13.0. The highest BCUT2D eigenvalue weighted by molar-refractivity contribution is 6.03. The van der Waals surface area contributed by atoms with Gasteiger partial charge in [0.2, 0.25) is 5.91 Å². The number of halogens is 1. The Morgan fingerprint density at radius 2 is 1.81 bits per heavy atom. The zero-order valence-electron chi connectivity index (χ0n) is 15.7. The van der Waals surface area contributed by atoms with E-state index in [0.717, 1.165) is 31.2 Å². The predicted octanol–water partition coefficient (Wildman–Crippen LogP) is 4.41. The van der Waals surface area contributed by atoms with Gasteiger partial charge in [0, 0.05) is 19.0 Å². The second-order valence-electron chi connectivity index (χ2n) is 7.18. The molecule has 2 aromatic rings. The number of aryl methyl sites for hydroxylation is 1. The topological polar surface area (TPSA) is 49.4 Å². The highest BCUT2D eigenvalue weighted by Gasteiger charge is 2.35. The van der Waals surface area contributed by atoms with Crippen LogP contribution in [0.1, 0.15) is 49.0 Å². The highest BCUT2D eigenvalue weighted by atomic mass is 19.1. The van der Waals surface area contributed by atoms with E-state index in [4.69, 9.17) is 0 Å². The Kier molecular flexibility index (Phi) is 5.89. The normalized spacial score (nSPS) is 19.1. The largest absolute Gasteiger partial charge is 0.333 e. The molecular weight excluding hydrogens is 343 g/mol. The van der Waals surface area contributed by atoms with Crippen molar-refractivity contribution in [2.24, 2.45) is 0 Å². The van der Waals surface area contributed by atoms with Gasteiger partial charge < -0.3 is 10.2 Å². The van der Waals surface area contributed by atoms with Crippen LogP contribution in [-0.2, 0) is 11.2 Å². The highest BCUT2D eigenvalue weighted by Crippen LogP contribution is 2.30. The second kappa shape index (κ2) is 8.33. The number of anilines is 1. The van der Waals surface area contributed by atoms with Crippen molar-refractivity contribution in [3.63, 3.8) is 0 Å². The summed E-state index contributed by atoms with van der Waals surface area (Å²) in [7, 11) is 0. The maximum Gasteiger partial charge on any atom is 0.256 e. The summed E-state index contributed by atoms with van der Waals surface area (Å²) in [5, 5.41) is 2.75. The summed E-state index contributed by atoms with van der Waals surface area (Å²) >= 11 is 0. The molecule has 142 valence electrons. The van der Waals surface area contributed by atoms with E-state index < -0.39 is 0 Å². The van der Waals surface area contributed by atoms with Crippen LogP contribution in [0.5, 0.6) is 0 Å². The van der Waals surface area contributed by atoms with Crippen LogP contribution in [0.15, 0.2) is 48.5 Å². The number of carbonyl (C=O) groups is 2. The van der Waals surface area contributed by atoms with Crippen LogP contribution < -0.4 is 5.32 Å². The van der Waals surface area contributed by atoms with Gasteiger partial charge in [-0.15, -0.1) is 0 Å². The number of benzene rings is 2. The summed E-state index contributed by atoms with van der Waals surface area (Å²) in [5.41, 5.74) is 2.14. The first-order valence-corrected chi connectivity index (χ1v) is 9.39. The molecule has 1 N–H and O–H groups in total. The van der Waals surface area contributed by atoms with Crippen molar-refractivity contribution in [2.75, 3.05) is 5.32 Å². The quantitative estimate of drug-likeness (QED) is 0.850. The molecule has 2 amide bonds. The molecule has 1 heterocycles. The van der Waals surface area contributed by atoms with Gasteiger partial charge in [-0.05, 0) is 62.4 Å². The Morgan fingerprint density at radius 3 is 2.52 bits per heavy atom. The van der Waals surface area contributed by atoms with Crippen LogP contribution >= 0.6 is 0 Å². The molecule has 0 unspecified atom stereocenters. The monoisotopic (exact) mass is 368 g/mol. The van der Waals surface area contributed by atoms with Crippen molar-refractivity contribution in [1.29, 1.82) is 0 Å². The molecular formula is C22H25FN2O2. The summed E-state index contributed by atoms with van der Waals surface area (Å²) < 4.78 is 13.1. The van der Waals surface area contributed by atoms with Crippen molar-refractivity contribution in [1.82, 2.24) is 4.90 Å². The van der Waals surface area contributed by atoms with E-state index in [-0.39, 0.29) is 29.7 Å². The van der Waals surface area contributed by atoms with E-state index in [1.165, 1.54) is 19.1 Å². The summed E-state index contributed by atoms with van der Waals surface area (Å²) in [6, 6.07) is 14.0. The number of carbonyl (C=O) groups excluding carboxylic acids is 2. The summed E-state index contributed by atoms with van der Waals surface area (Å²) in [6.07, 6.45) is 3.55. The van der Waals surface area contributed by atoms with E-state index in [0.29, 0.717) is 11.3 Å². The van der Waals surface area contributed by atoms with Crippen LogP contribution in [0.3, 0.4) is 0 Å². The van der Waals surface area contributed by atoms with Crippen LogP contribution in [0.2, 0.25) is 0 Å². The predicted molar refractivity (Wildman–Crippen MR) is 104 cm³/mol. The molecule has 27 heavy (non-hydrogen) atoms. The maximum absolute atomic E-state index is 13.3. The van der Waals surface area contributed by atoms with Gasteiger partial charge in [-0.1, -0.05) is 24.3 Å². The van der Waals surface area contributed by atoms with Crippen molar-refractivity contribution in [3.8, 4) is 0 Å². The fourth-order valence-electron chi connectivity index (χ4n) is 3.81. The number of hydrogen-bond donors (Lipinski definition) is 1. The minimum atomic E-state index is -0.236. The van der Waals surface area contributed by atoms with Gasteiger partial charge in [-0.25, -0.2) is 4.39 Å². The van der Waals surface area contributed by atoms with E-state index in [1.54, 1.807) is 24.3 Å². The molecule has 1 saturated heterocycles. The Bertz CT molecular complexity index is 819. The van der Waals surface area contributed by atoms with Crippen LogP contribution in [0.4, 0.5) is 10.1 Å². The molecule has 1 fully saturated rings. The average molecular weight is 368 g/mol. The molecule has 1 aliphatic heterocycles. The minimum absolute atomic E-state index is 0.0477.